The molecule has 2 aromatic carbocycles. The smallest absolute Gasteiger partial charge is 0.169 e. The Morgan fingerprint density at radius 3 is 2.58 bits per heavy atom. The second kappa shape index (κ2) is 4.78. The average Bonchev–Trinajstić information content (AvgIpc) is 2.85. The van der Waals surface area contributed by atoms with Gasteiger partial charge >= 0.3 is 0 Å². The molecule has 0 aliphatic carbocycles. The molecule has 1 saturated heterocycles. The third kappa shape index (κ3) is 2.06. The van der Waals surface area contributed by atoms with Crippen LogP contribution in [0.15, 0.2) is 36.4 Å². The zero-order chi connectivity index (χ0) is 13.4. The third-order valence-electron chi connectivity index (χ3n) is 4.12. The van der Waals surface area contributed by atoms with Crippen LogP contribution in [0.3, 0.4) is 0 Å². The van der Waals surface area contributed by atoms with Crippen LogP contribution in [0.1, 0.15) is 29.3 Å². The summed E-state index contributed by atoms with van der Waals surface area (Å²) in [4.78, 5) is 12.7. The molecule has 2 nitrogen and oxygen atoms in total. The van der Waals surface area contributed by atoms with Gasteiger partial charge in [0.05, 0.1) is 12.0 Å². The van der Waals surface area contributed by atoms with Gasteiger partial charge in [-0.15, -0.1) is 0 Å². The van der Waals surface area contributed by atoms with E-state index in [0.717, 1.165) is 17.4 Å². The maximum absolute atomic E-state index is 12.7. The summed E-state index contributed by atoms with van der Waals surface area (Å²) in [7, 11) is 0. The highest BCUT2D eigenvalue weighted by Crippen LogP contribution is 2.29. The molecule has 19 heavy (non-hydrogen) atoms. The molecule has 1 heterocycles. The minimum atomic E-state index is 0.00566. The molecule has 2 atom stereocenters. The Bertz CT molecular complexity index is 630. The van der Waals surface area contributed by atoms with Crippen molar-refractivity contribution in [3.05, 3.63) is 47.5 Å². The van der Waals surface area contributed by atoms with Crippen molar-refractivity contribution in [1.29, 1.82) is 0 Å². The molecular formula is C17H18O2. The lowest BCUT2D eigenvalue weighted by molar-refractivity contribution is 0.0766. The zero-order valence-electron chi connectivity index (χ0n) is 11.3. The minimum Gasteiger partial charge on any atom is -0.378 e. The zero-order valence-corrected chi connectivity index (χ0v) is 11.3. The van der Waals surface area contributed by atoms with Gasteiger partial charge in [-0.25, -0.2) is 0 Å². The summed E-state index contributed by atoms with van der Waals surface area (Å²) in [6.07, 6.45) is 0.870. The molecular weight excluding hydrogens is 236 g/mol. The maximum atomic E-state index is 12.7. The van der Waals surface area contributed by atoms with Crippen molar-refractivity contribution in [2.45, 2.75) is 26.4 Å². The first-order valence-electron chi connectivity index (χ1n) is 6.82. The topological polar surface area (TPSA) is 26.3 Å². The Balaban J connectivity index is 2.10. The van der Waals surface area contributed by atoms with Crippen LogP contribution in [0.25, 0.3) is 10.8 Å². The van der Waals surface area contributed by atoms with E-state index in [1.54, 1.807) is 0 Å². The fourth-order valence-corrected chi connectivity index (χ4v) is 2.94. The Kier molecular flexibility index (Phi) is 3.11. The van der Waals surface area contributed by atoms with Gasteiger partial charge in [0.15, 0.2) is 5.78 Å². The fraction of sp³-hybridized carbons (Fsp3) is 0.353. The summed E-state index contributed by atoms with van der Waals surface area (Å²) in [5, 5.41) is 2.23. The van der Waals surface area contributed by atoms with Gasteiger partial charge in [-0.05, 0) is 36.6 Å². The molecule has 0 amide bonds. The Morgan fingerprint density at radius 1 is 1.16 bits per heavy atom. The van der Waals surface area contributed by atoms with E-state index in [0.29, 0.717) is 6.61 Å². The second-order valence-corrected chi connectivity index (χ2v) is 5.31. The van der Waals surface area contributed by atoms with Crippen molar-refractivity contribution < 1.29 is 9.53 Å². The molecule has 2 unspecified atom stereocenters. The van der Waals surface area contributed by atoms with E-state index in [1.807, 2.05) is 37.3 Å². The van der Waals surface area contributed by atoms with E-state index < -0.39 is 0 Å². The number of rotatable bonds is 2. The first-order valence-corrected chi connectivity index (χ1v) is 6.82. The first kappa shape index (κ1) is 12.4. The summed E-state index contributed by atoms with van der Waals surface area (Å²) in [5.41, 5.74) is 2.05. The highest BCUT2D eigenvalue weighted by molar-refractivity contribution is 6.10. The number of fused-ring (bicyclic) bond motifs is 1. The van der Waals surface area contributed by atoms with Crippen LogP contribution >= 0.6 is 0 Å². The minimum absolute atomic E-state index is 0.00566. The molecule has 1 aliphatic heterocycles. The van der Waals surface area contributed by atoms with Crippen molar-refractivity contribution >= 4 is 16.6 Å². The van der Waals surface area contributed by atoms with Crippen LogP contribution in [0, 0.1) is 12.8 Å². The van der Waals surface area contributed by atoms with Gasteiger partial charge < -0.3 is 4.74 Å². The Morgan fingerprint density at radius 2 is 1.89 bits per heavy atom. The Labute approximate surface area is 113 Å². The van der Waals surface area contributed by atoms with Crippen molar-refractivity contribution in [1.82, 2.24) is 0 Å². The summed E-state index contributed by atoms with van der Waals surface area (Å²) in [5.74, 6) is 0.229. The highest BCUT2D eigenvalue weighted by atomic mass is 16.5. The molecule has 0 spiro atoms. The summed E-state index contributed by atoms with van der Waals surface area (Å²) >= 11 is 0. The van der Waals surface area contributed by atoms with Crippen molar-refractivity contribution in [2.75, 3.05) is 6.61 Å². The first-order chi connectivity index (χ1) is 9.18. The number of benzene rings is 2. The monoisotopic (exact) mass is 254 g/mol. The molecule has 0 radical (unpaired) electrons. The van der Waals surface area contributed by atoms with Crippen LogP contribution in [0.5, 0.6) is 0 Å². The van der Waals surface area contributed by atoms with E-state index in [-0.39, 0.29) is 17.8 Å². The van der Waals surface area contributed by atoms with Gasteiger partial charge in [0.1, 0.15) is 0 Å². The van der Waals surface area contributed by atoms with E-state index in [1.165, 1.54) is 10.9 Å². The van der Waals surface area contributed by atoms with Crippen LogP contribution in [0.4, 0.5) is 0 Å². The number of aryl methyl sites for hydroxylation is 1. The molecule has 3 rings (SSSR count). The molecule has 0 aromatic heterocycles. The molecule has 2 aromatic rings. The number of Topliss-reactive ketones (excluding diaryl/α,β-unsaturated/α-hetero) is 1. The van der Waals surface area contributed by atoms with E-state index in [9.17, 15) is 4.79 Å². The SMILES string of the molecule is Cc1ccc(C(=O)C2CCOC2C)c2ccccc12. The Hall–Kier alpha value is -1.67. The van der Waals surface area contributed by atoms with Gasteiger partial charge in [0, 0.05) is 12.2 Å². The van der Waals surface area contributed by atoms with E-state index >= 15 is 0 Å². The van der Waals surface area contributed by atoms with E-state index in [4.69, 9.17) is 4.74 Å². The van der Waals surface area contributed by atoms with Crippen molar-refractivity contribution in [2.24, 2.45) is 5.92 Å². The summed E-state index contributed by atoms with van der Waals surface area (Å²) in [6, 6.07) is 12.1. The third-order valence-corrected chi connectivity index (χ3v) is 4.12. The quantitative estimate of drug-likeness (QED) is 0.763. The number of carbonyl (C=O) groups excluding carboxylic acids is 1. The van der Waals surface area contributed by atoms with E-state index in [2.05, 4.69) is 13.0 Å². The average molecular weight is 254 g/mol. The number of carbonyl (C=O) groups is 1. The predicted octanol–water partition coefficient (Wildman–Crippen LogP) is 3.76. The summed E-state index contributed by atoms with van der Waals surface area (Å²) < 4.78 is 5.52. The number of hydrogen-bond acceptors (Lipinski definition) is 2. The maximum Gasteiger partial charge on any atom is 0.169 e. The normalized spacial score (nSPS) is 22.8. The number of ether oxygens (including phenoxy) is 1. The molecule has 0 saturated carbocycles. The molecule has 1 aliphatic rings. The second-order valence-electron chi connectivity index (χ2n) is 5.31. The lowest BCUT2D eigenvalue weighted by atomic mass is 9.89. The van der Waals surface area contributed by atoms with Gasteiger partial charge in [-0.1, -0.05) is 36.4 Å². The number of hydrogen-bond donors (Lipinski definition) is 0. The molecule has 0 N–H and O–H groups in total. The van der Waals surface area contributed by atoms with Gasteiger partial charge in [0.2, 0.25) is 0 Å². The van der Waals surface area contributed by atoms with Crippen LogP contribution in [0.2, 0.25) is 0 Å². The molecule has 1 fully saturated rings. The van der Waals surface area contributed by atoms with Gasteiger partial charge in [-0.2, -0.15) is 0 Å². The molecule has 2 heteroatoms. The largest absolute Gasteiger partial charge is 0.378 e. The van der Waals surface area contributed by atoms with Gasteiger partial charge in [-0.3, -0.25) is 4.79 Å². The fourth-order valence-electron chi connectivity index (χ4n) is 2.94. The van der Waals surface area contributed by atoms with Gasteiger partial charge in [0.25, 0.3) is 0 Å². The van der Waals surface area contributed by atoms with Crippen LogP contribution in [-0.4, -0.2) is 18.5 Å². The summed E-state index contributed by atoms with van der Waals surface area (Å²) in [6.45, 7) is 4.77. The lowest BCUT2D eigenvalue weighted by Crippen LogP contribution is -2.22. The molecule has 98 valence electrons. The molecule has 0 bridgehead atoms. The standard InChI is InChI=1S/C17H18O2/c1-11-7-8-16(15-6-4-3-5-13(11)15)17(18)14-9-10-19-12(14)2/h3-8,12,14H,9-10H2,1-2H3. The van der Waals surface area contributed by atoms with Crippen molar-refractivity contribution in [3.63, 3.8) is 0 Å². The van der Waals surface area contributed by atoms with Crippen molar-refractivity contribution in [3.8, 4) is 0 Å². The predicted molar refractivity (Wildman–Crippen MR) is 76.5 cm³/mol. The lowest BCUT2D eigenvalue weighted by Gasteiger charge is -2.15. The number of ketones is 1. The highest BCUT2D eigenvalue weighted by Gasteiger charge is 2.32. The van der Waals surface area contributed by atoms with Crippen LogP contribution < -0.4 is 0 Å². The van der Waals surface area contributed by atoms with Crippen LogP contribution in [-0.2, 0) is 4.74 Å².